The van der Waals surface area contributed by atoms with Crippen molar-refractivity contribution in [2.75, 3.05) is 7.11 Å². The summed E-state index contributed by atoms with van der Waals surface area (Å²) in [5, 5.41) is 13.6. The van der Waals surface area contributed by atoms with Crippen LogP contribution >= 0.6 is 0 Å². The SMILES string of the molecule is COc1ccc(C(=O)/C=C/c2ccc3ccccc3c2-c2c(/C=C/C(=O)c3ccc(CO)cc3)ccc3ccccc23)cc1. The Morgan fingerprint density at radius 3 is 1.50 bits per heavy atom. The molecule has 0 bridgehead atoms. The van der Waals surface area contributed by atoms with Crippen molar-refractivity contribution in [3.05, 3.63) is 161 Å². The summed E-state index contributed by atoms with van der Waals surface area (Å²) in [7, 11) is 1.60. The summed E-state index contributed by atoms with van der Waals surface area (Å²) in [6, 6.07) is 38.6. The van der Waals surface area contributed by atoms with Crippen LogP contribution in [-0.2, 0) is 6.61 Å². The maximum atomic E-state index is 13.2. The van der Waals surface area contributed by atoms with Crippen LogP contribution < -0.4 is 4.74 Å². The molecule has 44 heavy (non-hydrogen) atoms. The second-order valence-corrected chi connectivity index (χ2v) is 10.5. The number of benzene rings is 6. The van der Waals surface area contributed by atoms with Gasteiger partial charge in [0.15, 0.2) is 11.6 Å². The van der Waals surface area contributed by atoms with Crippen molar-refractivity contribution in [2.45, 2.75) is 6.61 Å². The highest BCUT2D eigenvalue weighted by atomic mass is 16.5. The molecule has 0 unspecified atom stereocenters. The van der Waals surface area contributed by atoms with Gasteiger partial charge >= 0.3 is 0 Å². The van der Waals surface area contributed by atoms with E-state index in [4.69, 9.17) is 4.74 Å². The van der Waals surface area contributed by atoms with Crippen molar-refractivity contribution >= 4 is 45.3 Å². The maximum Gasteiger partial charge on any atom is 0.185 e. The maximum absolute atomic E-state index is 13.2. The van der Waals surface area contributed by atoms with Gasteiger partial charge in [0, 0.05) is 11.1 Å². The van der Waals surface area contributed by atoms with E-state index in [0.29, 0.717) is 16.9 Å². The second-order valence-electron chi connectivity index (χ2n) is 10.5. The summed E-state index contributed by atoms with van der Waals surface area (Å²) in [6.07, 6.45) is 6.93. The van der Waals surface area contributed by atoms with Gasteiger partial charge in [-0.3, -0.25) is 9.59 Å². The fraction of sp³-hybridized carbons (Fsp3) is 0.0500. The average molecular weight is 575 g/mol. The van der Waals surface area contributed by atoms with Crippen LogP contribution in [0.25, 0.3) is 44.8 Å². The standard InChI is InChI=1S/C40H30O4/c1-44-34-22-18-31(19-23-34)38(43)25-21-33-17-15-29-7-3-5-9-36(29)40(33)39-32(16-14-28-6-2-4-8-35(28)39)20-24-37(42)30-12-10-27(26-41)11-13-30/h2-25,41H,26H2,1H3/b24-20+,25-21+. The molecule has 6 aromatic rings. The van der Waals surface area contributed by atoms with Gasteiger partial charge in [0.05, 0.1) is 13.7 Å². The molecule has 0 heterocycles. The number of allylic oxidation sites excluding steroid dienone is 2. The zero-order valence-corrected chi connectivity index (χ0v) is 24.2. The number of hydrogen-bond acceptors (Lipinski definition) is 4. The molecule has 0 amide bonds. The number of aliphatic hydroxyl groups excluding tert-OH is 1. The number of fused-ring (bicyclic) bond motifs is 2. The number of aliphatic hydroxyl groups is 1. The summed E-state index contributed by atoms with van der Waals surface area (Å²) < 4.78 is 5.23. The van der Waals surface area contributed by atoms with E-state index in [-0.39, 0.29) is 18.2 Å². The zero-order chi connectivity index (χ0) is 30.5. The van der Waals surface area contributed by atoms with E-state index in [1.165, 1.54) is 0 Å². The molecule has 0 spiro atoms. The lowest BCUT2D eigenvalue weighted by atomic mass is 9.86. The molecule has 0 aliphatic heterocycles. The van der Waals surface area contributed by atoms with Crippen molar-refractivity contribution in [1.29, 1.82) is 0 Å². The Kier molecular flexibility index (Phi) is 8.26. The molecule has 6 rings (SSSR count). The Morgan fingerprint density at radius 1 is 0.591 bits per heavy atom. The molecule has 0 radical (unpaired) electrons. The Hall–Kier alpha value is -5.58. The van der Waals surface area contributed by atoms with Crippen LogP contribution in [0.5, 0.6) is 5.75 Å². The number of methoxy groups -OCH3 is 1. The van der Waals surface area contributed by atoms with E-state index in [1.807, 2.05) is 48.6 Å². The van der Waals surface area contributed by atoms with Crippen LogP contribution in [0.4, 0.5) is 0 Å². The topological polar surface area (TPSA) is 63.6 Å². The summed E-state index contributed by atoms with van der Waals surface area (Å²) in [5.41, 5.74) is 5.62. The van der Waals surface area contributed by atoms with Gasteiger partial charge in [-0.15, -0.1) is 0 Å². The lowest BCUT2D eigenvalue weighted by Crippen LogP contribution is -1.96. The smallest absolute Gasteiger partial charge is 0.185 e. The fourth-order valence-corrected chi connectivity index (χ4v) is 5.47. The highest BCUT2D eigenvalue weighted by molar-refractivity contribution is 6.14. The number of rotatable bonds is 9. The van der Waals surface area contributed by atoms with Gasteiger partial charge < -0.3 is 9.84 Å². The fourth-order valence-electron chi connectivity index (χ4n) is 5.47. The minimum absolute atomic E-state index is 0.0712. The zero-order valence-electron chi connectivity index (χ0n) is 24.2. The van der Waals surface area contributed by atoms with Crippen molar-refractivity contribution in [1.82, 2.24) is 0 Å². The normalized spacial score (nSPS) is 11.5. The van der Waals surface area contributed by atoms with E-state index in [9.17, 15) is 14.7 Å². The van der Waals surface area contributed by atoms with Crippen LogP contribution in [0.3, 0.4) is 0 Å². The third kappa shape index (κ3) is 5.84. The highest BCUT2D eigenvalue weighted by Crippen LogP contribution is 2.40. The summed E-state index contributed by atoms with van der Waals surface area (Å²) in [5.74, 6) is 0.457. The van der Waals surface area contributed by atoms with Gasteiger partial charge in [0.2, 0.25) is 0 Å². The van der Waals surface area contributed by atoms with Crippen LogP contribution in [0.1, 0.15) is 37.4 Å². The minimum Gasteiger partial charge on any atom is -0.497 e. The Bertz CT molecular complexity index is 1900. The third-order valence-corrected chi connectivity index (χ3v) is 7.80. The number of ether oxygens (including phenoxy) is 1. The van der Waals surface area contributed by atoms with Gasteiger partial charge in [0.25, 0.3) is 0 Å². The molecule has 0 saturated heterocycles. The van der Waals surface area contributed by atoms with E-state index < -0.39 is 0 Å². The molecule has 0 aliphatic rings. The number of ketones is 2. The van der Waals surface area contributed by atoms with Gasteiger partial charge in [-0.25, -0.2) is 0 Å². The first-order valence-corrected chi connectivity index (χ1v) is 14.4. The first-order valence-electron chi connectivity index (χ1n) is 14.4. The van der Waals surface area contributed by atoms with E-state index >= 15 is 0 Å². The van der Waals surface area contributed by atoms with Crippen LogP contribution in [-0.4, -0.2) is 23.8 Å². The molecular weight excluding hydrogens is 544 g/mol. The van der Waals surface area contributed by atoms with Crippen molar-refractivity contribution in [3.63, 3.8) is 0 Å². The van der Waals surface area contributed by atoms with Gasteiger partial charge in [-0.2, -0.15) is 0 Å². The summed E-state index contributed by atoms with van der Waals surface area (Å²) >= 11 is 0. The molecule has 1 N–H and O–H groups in total. The number of hydrogen-bond donors (Lipinski definition) is 1. The van der Waals surface area contributed by atoms with Crippen LogP contribution in [0, 0.1) is 0 Å². The molecule has 0 saturated carbocycles. The monoisotopic (exact) mass is 574 g/mol. The van der Waals surface area contributed by atoms with Crippen molar-refractivity contribution in [3.8, 4) is 16.9 Å². The molecule has 0 fully saturated rings. The van der Waals surface area contributed by atoms with Crippen LogP contribution in [0.2, 0.25) is 0 Å². The Balaban J connectivity index is 1.50. The Labute approximate surface area is 256 Å². The molecule has 4 nitrogen and oxygen atoms in total. The van der Waals surface area contributed by atoms with Crippen molar-refractivity contribution < 1.29 is 19.4 Å². The van der Waals surface area contributed by atoms with E-state index in [0.717, 1.165) is 49.4 Å². The molecule has 6 aromatic carbocycles. The molecular formula is C40H30O4. The highest BCUT2D eigenvalue weighted by Gasteiger charge is 2.16. The quantitative estimate of drug-likeness (QED) is 0.138. The predicted molar refractivity (Wildman–Crippen MR) is 179 cm³/mol. The van der Waals surface area contributed by atoms with Crippen molar-refractivity contribution in [2.24, 2.45) is 0 Å². The number of carbonyl (C=O) groups is 2. The molecule has 0 aromatic heterocycles. The van der Waals surface area contributed by atoms with Crippen LogP contribution in [0.15, 0.2) is 133 Å². The average Bonchev–Trinajstić information content (AvgIpc) is 3.09. The minimum atomic E-state index is -0.128. The third-order valence-electron chi connectivity index (χ3n) is 7.80. The van der Waals surface area contributed by atoms with E-state index in [1.54, 1.807) is 67.8 Å². The first-order chi connectivity index (χ1) is 21.6. The predicted octanol–water partition coefficient (Wildman–Crippen LogP) is 8.95. The largest absolute Gasteiger partial charge is 0.497 e. The second kappa shape index (κ2) is 12.7. The molecule has 0 aliphatic carbocycles. The van der Waals surface area contributed by atoms with E-state index in [2.05, 4.69) is 36.4 Å². The lowest BCUT2D eigenvalue weighted by molar-refractivity contribution is 0.103. The lowest BCUT2D eigenvalue weighted by Gasteiger charge is -2.17. The van der Waals surface area contributed by atoms with Gasteiger partial charge in [0.1, 0.15) is 5.75 Å². The van der Waals surface area contributed by atoms with Gasteiger partial charge in [-0.05, 0) is 85.8 Å². The molecule has 0 atom stereocenters. The number of carbonyl (C=O) groups excluding carboxylic acids is 2. The molecule has 214 valence electrons. The molecule has 4 heteroatoms. The Morgan fingerprint density at radius 2 is 1.05 bits per heavy atom. The van der Waals surface area contributed by atoms with Gasteiger partial charge in [-0.1, -0.05) is 109 Å². The summed E-state index contributed by atoms with van der Waals surface area (Å²) in [4.78, 5) is 26.3. The summed E-state index contributed by atoms with van der Waals surface area (Å²) in [6.45, 7) is -0.0712. The first kappa shape index (κ1) is 28.5.